The number of halogens is 2. The van der Waals surface area contributed by atoms with E-state index in [1.54, 1.807) is 0 Å². The molecule has 0 aliphatic carbocycles. The average Bonchev–Trinajstić information content (AvgIpc) is 2.66. The van der Waals surface area contributed by atoms with Gasteiger partial charge < -0.3 is 10.1 Å². The third-order valence-corrected chi connectivity index (χ3v) is 4.54. The Morgan fingerprint density at radius 2 is 1.46 bits per heavy atom. The highest BCUT2D eigenvalue weighted by atomic mass is 35.5. The van der Waals surface area contributed by atoms with Crippen LogP contribution in [0, 0.1) is 0 Å². The zero-order valence-electron chi connectivity index (χ0n) is 14.4. The van der Waals surface area contributed by atoms with Crippen molar-refractivity contribution in [3.05, 3.63) is 99.5 Å². The second-order valence-corrected chi connectivity index (χ2v) is 6.99. The van der Waals surface area contributed by atoms with Gasteiger partial charge >= 0.3 is 0 Å². The van der Waals surface area contributed by atoms with Gasteiger partial charge in [-0.3, -0.25) is 0 Å². The summed E-state index contributed by atoms with van der Waals surface area (Å²) in [6.45, 7) is 2.27. The molecule has 26 heavy (non-hydrogen) atoms. The highest BCUT2D eigenvalue weighted by Crippen LogP contribution is 2.16. The molecule has 0 unspecified atom stereocenters. The minimum Gasteiger partial charge on any atom is -0.489 e. The second-order valence-electron chi connectivity index (χ2n) is 6.12. The van der Waals surface area contributed by atoms with Gasteiger partial charge in [-0.05, 0) is 66.1 Å². The third kappa shape index (κ3) is 6.06. The smallest absolute Gasteiger partial charge is 0.119 e. The van der Waals surface area contributed by atoms with Crippen LogP contribution in [0.15, 0.2) is 72.8 Å². The third-order valence-electron chi connectivity index (χ3n) is 4.05. The van der Waals surface area contributed by atoms with Crippen LogP contribution in [0.1, 0.15) is 16.7 Å². The summed E-state index contributed by atoms with van der Waals surface area (Å²) in [5.41, 5.74) is 3.58. The van der Waals surface area contributed by atoms with Crippen molar-refractivity contribution in [1.29, 1.82) is 0 Å². The molecule has 0 aliphatic rings. The fourth-order valence-corrected chi connectivity index (χ4v) is 2.95. The van der Waals surface area contributed by atoms with Crippen molar-refractivity contribution < 1.29 is 4.74 Å². The number of benzene rings is 3. The SMILES string of the molecule is Clc1ccc(CCNCc2ccc(OCc3cccc(Cl)c3)cc2)cc1. The lowest BCUT2D eigenvalue weighted by molar-refractivity contribution is 0.306. The molecular weight excluding hydrogens is 365 g/mol. The van der Waals surface area contributed by atoms with Crippen LogP contribution < -0.4 is 10.1 Å². The summed E-state index contributed by atoms with van der Waals surface area (Å²) in [5, 5.41) is 4.96. The lowest BCUT2D eigenvalue weighted by Crippen LogP contribution is -2.16. The van der Waals surface area contributed by atoms with Crippen LogP contribution in [0.2, 0.25) is 10.0 Å². The van der Waals surface area contributed by atoms with Crippen molar-refractivity contribution in [2.24, 2.45) is 0 Å². The van der Waals surface area contributed by atoms with Gasteiger partial charge in [-0.2, -0.15) is 0 Å². The van der Waals surface area contributed by atoms with E-state index in [0.717, 1.165) is 40.9 Å². The first-order valence-electron chi connectivity index (χ1n) is 8.60. The van der Waals surface area contributed by atoms with Crippen LogP contribution >= 0.6 is 23.2 Å². The van der Waals surface area contributed by atoms with Crippen molar-refractivity contribution >= 4 is 23.2 Å². The summed E-state index contributed by atoms with van der Waals surface area (Å²) < 4.78 is 5.81. The zero-order chi connectivity index (χ0) is 18.2. The van der Waals surface area contributed by atoms with E-state index in [0.29, 0.717) is 6.61 Å². The van der Waals surface area contributed by atoms with E-state index in [1.807, 2.05) is 48.5 Å². The number of rotatable bonds is 8. The van der Waals surface area contributed by atoms with Gasteiger partial charge in [0.15, 0.2) is 0 Å². The number of nitrogens with one attached hydrogen (secondary N) is 1. The Morgan fingerprint density at radius 3 is 2.19 bits per heavy atom. The topological polar surface area (TPSA) is 21.3 Å². The molecule has 0 heterocycles. The molecule has 0 saturated heterocycles. The Bertz CT molecular complexity index is 816. The lowest BCUT2D eigenvalue weighted by Gasteiger charge is -2.09. The van der Waals surface area contributed by atoms with Gasteiger partial charge in [0.05, 0.1) is 0 Å². The Labute approximate surface area is 164 Å². The van der Waals surface area contributed by atoms with Crippen LogP contribution in [0.5, 0.6) is 5.75 Å². The largest absolute Gasteiger partial charge is 0.489 e. The molecule has 0 radical (unpaired) electrons. The summed E-state index contributed by atoms with van der Waals surface area (Å²) >= 11 is 11.9. The van der Waals surface area contributed by atoms with E-state index in [4.69, 9.17) is 27.9 Å². The first-order valence-corrected chi connectivity index (χ1v) is 9.36. The van der Waals surface area contributed by atoms with Crippen molar-refractivity contribution in [2.45, 2.75) is 19.6 Å². The van der Waals surface area contributed by atoms with E-state index in [-0.39, 0.29) is 0 Å². The molecule has 2 nitrogen and oxygen atoms in total. The monoisotopic (exact) mass is 385 g/mol. The first-order chi connectivity index (χ1) is 12.7. The zero-order valence-corrected chi connectivity index (χ0v) is 15.9. The Hall–Kier alpha value is -2.00. The van der Waals surface area contributed by atoms with Gasteiger partial charge in [0.2, 0.25) is 0 Å². The molecule has 0 aliphatic heterocycles. The Balaban J connectivity index is 1.40. The van der Waals surface area contributed by atoms with Gasteiger partial charge in [-0.25, -0.2) is 0 Å². The molecule has 1 N–H and O–H groups in total. The molecule has 0 atom stereocenters. The predicted molar refractivity (Wildman–Crippen MR) is 109 cm³/mol. The van der Waals surface area contributed by atoms with E-state index in [2.05, 4.69) is 29.6 Å². The Morgan fingerprint density at radius 1 is 0.731 bits per heavy atom. The molecular formula is C22H21Cl2NO. The van der Waals surface area contributed by atoms with Crippen LogP contribution in [-0.4, -0.2) is 6.54 Å². The molecule has 0 amide bonds. The van der Waals surface area contributed by atoms with Crippen LogP contribution in [0.4, 0.5) is 0 Å². The van der Waals surface area contributed by atoms with E-state index >= 15 is 0 Å². The molecule has 4 heteroatoms. The van der Waals surface area contributed by atoms with Crippen LogP contribution in [0.3, 0.4) is 0 Å². The highest BCUT2D eigenvalue weighted by Gasteiger charge is 1.99. The summed E-state index contributed by atoms with van der Waals surface area (Å²) in [6.07, 6.45) is 0.984. The second kappa shape index (κ2) is 9.63. The molecule has 0 aromatic heterocycles. The normalized spacial score (nSPS) is 10.7. The molecule has 0 bridgehead atoms. The summed E-state index contributed by atoms with van der Waals surface area (Å²) in [7, 11) is 0. The quantitative estimate of drug-likeness (QED) is 0.487. The maximum atomic E-state index is 5.99. The Kier molecular flexibility index (Phi) is 6.96. The van der Waals surface area contributed by atoms with Crippen molar-refractivity contribution in [1.82, 2.24) is 5.32 Å². The summed E-state index contributed by atoms with van der Waals surface area (Å²) in [5.74, 6) is 0.856. The number of hydrogen-bond donors (Lipinski definition) is 1. The van der Waals surface area contributed by atoms with E-state index in [1.165, 1.54) is 11.1 Å². The number of hydrogen-bond acceptors (Lipinski definition) is 2. The van der Waals surface area contributed by atoms with Crippen molar-refractivity contribution in [2.75, 3.05) is 6.54 Å². The summed E-state index contributed by atoms with van der Waals surface area (Å²) in [6, 6.07) is 23.9. The minimum atomic E-state index is 0.513. The minimum absolute atomic E-state index is 0.513. The van der Waals surface area contributed by atoms with Gasteiger partial charge in [-0.1, -0.05) is 59.6 Å². The van der Waals surface area contributed by atoms with Gasteiger partial charge in [-0.15, -0.1) is 0 Å². The highest BCUT2D eigenvalue weighted by molar-refractivity contribution is 6.30. The fourth-order valence-electron chi connectivity index (χ4n) is 2.61. The van der Waals surface area contributed by atoms with Gasteiger partial charge in [0, 0.05) is 16.6 Å². The van der Waals surface area contributed by atoms with Crippen molar-refractivity contribution in [3.63, 3.8) is 0 Å². The molecule has 0 fully saturated rings. The standard InChI is InChI=1S/C22H21Cl2NO/c23-20-8-4-17(5-9-20)12-13-25-15-18-6-10-22(11-7-18)26-16-19-2-1-3-21(24)14-19/h1-11,14,25H,12-13,15-16H2. The van der Waals surface area contributed by atoms with Gasteiger partial charge in [0.25, 0.3) is 0 Å². The molecule has 0 spiro atoms. The molecule has 3 aromatic carbocycles. The lowest BCUT2D eigenvalue weighted by atomic mass is 10.1. The molecule has 0 saturated carbocycles. The van der Waals surface area contributed by atoms with Crippen LogP contribution in [0.25, 0.3) is 0 Å². The molecule has 134 valence electrons. The fraction of sp³-hybridized carbons (Fsp3) is 0.182. The molecule has 3 aromatic rings. The maximum Gasteiger partial charge on any atom is 0.119 e. The van der Waals surface area contributed by atoms with E-state index < -0.39 is 0 Å². The molecule has 3 rings (SSSR count). The van der Waals surface area contributed by atoms with Crippen molar-refractivity contribution in [3.8, 4) is 5.75 Å². The number of ether oxygens (including phenoxy) is 1. The van der Waals surface area contributed by atoms with Crippen LogP contribution in [-0.2, 0) is 19.6 Å². The summed E-state index contributed by atoms with van der Waals surface area (Å²) in [4.78, 5) is 0. The first kappa shape index (κ1) is 18.8. The van der Waals surface area contributed by atoms with E-state index in [9.17, 15) is 0 Å². The maximum absolute atomic E-state index is 5.99. The average molecular weight is 386 g/mol. The predicted octanol–water partition coefficient (Wildman–Crippen LogP) is 5.90. The van der Waals surface area contributed by atoms with Gasteiger partial charge in [0.1, 0.15) is 12.4 Å².